The molecule has 156 valence electrons. The van der Waals surface area contributed by atoms with Gasteiger partial charge in [-0.25, -0.2) is 0 Å². The Balaban J connectivity index is 1.44. The zero-order valence-electron chi connectivity index (χ0n) is 16.7. The van der Waals surface area contributed by atoms with E-state index in [0.29, 0.717) is 44.0 Å². The van der Waals surface area contributed by atoms with E-state index in [1.165, 1.54) is 6.20 Å². The Morgan fingerprint density at radius 1 is 1.17 bits per heavy atom. The average Bonchev–Trinajstić information content (AvgIpc) is 3.45. The van der Waals surface area contributed by atoms with Gasteiger partial charge < -0.3 is 10.2 Å². The van der Waals surface area contributed by atoms with Crippen molar-refractivity contribution >= 4 is 11.8 Å². The van der Waals surface area contributed by atoms with Gasteiger partial charge in [0, 0.05) is 46.0 Å². The van der Waals surface area contributed by atoms with Crippen LogP contribution < -0.4 is 5.32 Å². The fourth-order valence-electron chi connectivity index (χ4n) is 3.59. The summed E-state index contributed by atoms with van der Waals surface area (Å²) in [6.07, 6.45) is 4.87. The predicted octanol–water partition coefficient (Wildman–Crippen LogP) is 0.354. The molecule has 2 aromatic heterocycles. The van der Waals surface area contributed by atoms with Crippen molar-refractivity contribution < 1.29 is 9.59 Å². The number of aromatic amines is 1. The molecule has 1 aliphatic rings. The van der Waals surface area contributed by atoms with Crippen LogP contribution in [0.2, 0.25) is 0 Å². The minimum atomic E-state index is -0.561. The van der Waals surface area contributed by atoms with Crippen LogP contribution in [0.1, 0.15) is 27.7 Å². The molecule has 10 heteroatoms. The summed E-state index contributed by atoms with van der Waals surface area (Å²) in [5.74, 6) is -0.193. The van der Waals surface area contributed by atoms with E-state index in [4.69, 9.17) is 0 Å². The van der Waals surface area contributed by atoms with Gasteiger partial charge in [0.05, 0.1) is 18.0 Å². The molecule has 1 atom stereocenters. The molecule has 0 saturated carbocycles. The third kappa shape index (κ3) is 4.38. The molecular weight excluding hydrogens is 384 g/mol. The Morgan fingerprint density at radius 3 is 2.57 bits per heavy atom. The van der Waals surface area contributed by atoms with Crippen molar-refractivity contribution in [3.05, 3.63) is 65.7 Å². The molecule has 4 rings (SSSR count). The number of piperazine rings is 1. The second kappa shape index (κ2) is 8.87. The molecule has 1 fully saturated rings. The van der Waals surface area contributed by atoms with Crippen LogP contribution in [0.3, 0.4) is 0 Å². The summed E-state index contributed by atoms with van der Waals surface area (Å²) in [7, 11) is 1.77. The summed E-state index contributed by atoms with van der Waals surface area (Å²) in [5.41, 5.74) is 2.16. The molecule has 30 heavy (non-hydrogen) atoms. The van der Waals surface area contributed by atoms with E-state index in [1.54, 1.807) is 29.0 Å². The van der Waals surface area contributed by atoms with Crippen LogP contribution in [-0.4, -0.2) is 73.0 Å². The number of benzene rings is 1. The monoisotopic (exact) mass is 408 g/mol. The molecule has 3 aromatic rings. The van der Waals surface area contributed by atoms with E-state index in [9.17, 15) is 9.59 Å². The quantitative estimate of drug-likeness (QED) is 0.609. The maximum absolute atomic E-state index is 13.1. The van der Waals surface area contributed by atoms with Crippen molar-refractivity contribution in [2.45, 2.75) is 12.6 Å². The number of hydrogen-bond donors (Lipinski definition) is 2. The van der Waals surface area contributed by atoms with Crippen LogP contribution >= 0.6 is 0 Å². The van der Waals surface area contributed by atoms with Gasteiger partial charge in [-0.2, -0.15) is 5.10 Å². The Morgan fingerprint density at radius 2 is 1.93 bits per heavy atom. The first-order valence-corrected chi connectivity index (χ1v) is 9.82. The van der Waals surface area contributed by atoms with Crippen molar-refractivity contribution in [1.82, 2.24) is 40.3 Å². The van der Waals surface area contributed by atoms with Crippen LogP contribution in [0.4, 0.5) is 0 Å². The van der Waals surface area contributed by atoms with Crippen LogP contribution in [0.25, 0.3) is 0 Å². The Labute approximate surface area is 173 Å². The van der Waals surface area contributed by atoms with Gasteiger partial charge in [-0.15, -0.1) is 5.10 Å². The molecule has 10 nitrogen and oxygen atoms in total. The second-order valence-electron chi connectivity index (χ2n) is 7.24. The Bertz CT molecular complexity index is 977. The number of carbonyl (C=O) groups excluding carboxylic acids is 2. The highest BCUT2D eigenvalue weighted by molar-refractivity contribution is 5.93. The molecule has 0 spiro atoms. The summed E-state index contributed by atoms with van der Waals surface area (Å²) in [6.45, 7) is 2.60. The summed E-state index contributed by atoms with van der Waals surface area (Å²) < 4.78 is 1.59. The lowest BCUT2D eigenvalue weighted by atomic mass is 10.1. The number of aryl methyl sites for hydroxylation is 1. The van der Waals surface area contributed by atoms with Gasteiger partial charge in [-0.3, -0.25) is 24.3 Å². The van der Waals surface area contributed by atoms with Crippen molar-refractivity contribution in [1.29, 1.82) is 0 Å². The van der Waals surface area contributed by atoms with E-state index < -0.39 is 6.04 Å². The lowest BCUT2D eigenvalue weighted by Gasteiger charge is -2.37. The third-order valence-corrected chi connectivity index (χ3v) is 5.17. The van der Waals surface area contributed by atoms with Gasteiger partial charge in [0.25, 0.3) is 5.91 Å². The molecule has 0 radical (unpaired) electrons. The van der Waals surface area contributed by atoms with Crippen LogP contribution in [0, 0.1) is 0 Å². The van der Waals surface area contributed by atoms with E-state index in [0.717, 1.165) is 5.56 Å². The standard InChI is InChI=1S/C20H24N8O2/c1-26-14-17(24-25-26)18(19(29)21-11-15-5-3-2-4-6-15)27-7-9-28(10-8-27)20(30)16-12-22-23-13-16/h2-6,12-14,18H,7-11H2,1H3,(H,21,29)(H,22,23). The molecule has 1 saturated heterocycles. The largest absolute Gasteiger partial charge is 0.350 e. The van der Waals surface area contributed by atoms with E-state index in [2.05, 4.69) is 25.8 Å². The summed E-state index contributed by atoms with van der Waals surface area (Å²) in [6, 6.07) is 9.21. The number of carbonyl (C=O) groups is 2. The first kappa shape index (κ1) is 19.8. The number of aromatic nitrogens is 5. The first-order chi connectivity index (χ1) is 14.6. The number of H-pyrrole nitrogens is 1. The zero-order valence-corrected chi connectivity index (χ0v) is 16.7. The third-order valence-electron chi connectivity index (χ3n) is 5.17. The SMILES string of the molecule is Cn1cc(C(C(=O)NCc2ccccc2)N2CCN(C(=O)c3cn[nH]c3)CC2)nn1. The first-order valence-electron chi connectivity index (χ1n) is 9.82. The van der Waals surface area contributed by atoms with Crippen LogP contribution in [-0.2, 0) is 18.4 Å². The zero-order chi connectivity index (χ0) is 20.9. The van der Waals surface area contributed by atoms with E-state index >= 15 is 0 Å². The maximum Gasteiger partial charge on any atom is 0.257 e. The van der Waals surface area contributed by atoms with Gasteiger partial charge in [0.2, 0.25) is 5.91 Å². The normalized spacial score (nSPS) is 15.7. The number of amides is 2. The summed E-state index contributed by atoms with van der Waals surface area (Å²) in [5, 5.41) is 17.7. The van der Waals surface area contributed by atoms with Crippen molar-refractivity contribution in [2.75, 3.05) is 26.2 Å². The number of rotatable bonds is 6. The van der Waals surface area contributed by atoms with E-state index in [-0.39, 0.29) is 11.8 Å². The molecule has 3 heterocycles. The van der Waals surface area contributed by atoms with Gasteiger partial charge in [0.1, 0.15) is 11.7 Å². The van der Waals surface area contributed by atoms with Crippen molar-refractivity contribution in [3.63, 3.8) is 0 Å². The van der Waals surface area contributed by atoms with Gasteiger partial charge in [-0.05, 0) is 5.56 Å². The van der Waals surface area contributed by atoms with Crippen molar-refractivity contribution in [2.24, 2.45) is 7.05 Å². The van der Waals surface area contributed by atoms with Crippen molar-refractivity contribution in [3.8, 4) is 0 Å². The minimum Gasteiger partial charge on any atom is -0.350 e. The molecule has 1 aromatic carbocycles. The predicted molar refractivity (Wildman–Crippen MR) is 108 cm³/mol. The fourth-order valence-corrected chi connectivity index (χ4v) is 3.59. The molecule has 1 unspecified atom stereocenters. The molecule has 0 aliphatic carbocycles. The summed E-state index contributed by atoms with van der Waals surface area (Å²) >= 11 is 0. The van der Waals surface area contributed by atoms with Gasteiger partial charge in [0.15, 0.2) is 0 Å². The highest BCUT2D eigenvalue weighted by Crippen LogP contribution is 2.21. The van der Waals surface area contributed by atoms with Crippen LogP contribution in [0.15, 0.2) is 48.9 Å². The Hall–Kier alpha value is -3.53. The van der Waals surface area contributed by atoms with E-state index in [1.807, 2.05) is 35.2 Å². The molecule has 2 amide bonds. The number of hydrogen-bond acceptors (Lipinski definition) is 6. The van der Waals surface area contributed by atoms with Gasteiger partial charge in [-0.1, -0.05) is 35.5 Å². The lowest BCUT2D eigenvalue weighted by molar-refractivity contribution is -0.127. The molecular formula is C20H24N8O2. The maximum atomic E-state index is 13.1. The second-order valence-corrected chi connectivity index (χ2v) is 7.24. The lowest BCUT2D eigenvalue weighted by Crippen LogP contribution is -2.52. The van der Waals surface area contributed by atoms with Crippen LogP contribution in [0.5, 0.6) is 0 Å². The molecule has 0 bridgehead atoms. The molecule has 2 N–H and O–H groups in total. The Kier molecular flexibility index (Phi) is 5.84. The smallest absolute Gasteiger partial charge is 0.257 e. The fraction of sp³-hybridized carbons (Fsp3) is 0.350. The summed E-state index contributed by atoms with van der Waals surface area (Å²) in [4.78, 5) is 29.5. The minimum absolute atomic E-state index is 0.0621. The highest BCUT2D eigenvalue weighted by atomic mass is 16.2. The topological polar surface area (TPSA) is 112 Å². The number of nitrogens with zero attached hydrogens (tertiary/aromatic N) is 6. The highest BCUT2D eigenvalue weighted by Gasteiger charge is 2.33. The number of nitrogens with one attached hydrogen (secondary N) is 2. The van der Waals surface area contributed by atoms with Gasteiger partial charge >= 0.3 is 0 Å². The molecule has 1 aliphatic heterocycles. The average molecular weight is 408 g/mol.